The van der Waals surface area contributed by atoms with Crippen LogP contribution in [-0.2, 0) is 14.4 Å². The van der Waals surface area contributed by atoms with Gasteiger partial charge in [0.05, 0.1) is 23.3 Å². The number of nitrogens with one attached hydrogen (secondary N) is 3. The van der Waals surface area contributed by atoms with Gasteiger partial charge in [0, 0.05) is 35.6 Å². The van der Waals surface area contributed by atoms with Crippen LogP contribution in [0.15, 0.2) is 71.8 Å². The molecular formula is C34H34F2N4O5S2. The van der Waals surface area contributed by atoms with E-state index in [0.29, 0.717) is 47.5 Å². The van der Waals surface area contributed by atoms with Gasteiger partial charge in [0.15, 0.2) is 11.6 Å². The van der Waals surface area contributed by atoms with Crippen molar-refractivity contribution in [3.63, 3.8) is 0 Å². The van der Waals surface area contributed by atoms with Gasteiger partial charge in [-0.2, -0.15) is 12.6 Å². The molecule has 3 N–H and O–H groups in total. The van der Waals surface area contributed by atoms with Crippen LogP contribution in [0.5, 0.6) is 17.2 Å². The number of carbonyl (C=O) groups excluding carboxylic acids is 3. The third-order valence-electron chi connectivity index (χ3n) is 7.66. The van der Waals surface area contributed by atoms with Crippen molar-refractivity contribution < 1.29 is 32.6 Å². The first-order valence-corrected chi connectivity index (χ1v) is 16.7. The van der Waals surface area contributed by atoms with Crippen LogP contribution >= 0.6 is 24.4 Å². The molecule has 47 heavy (non-hydrogen) atoms. The SMILES string of the molecule is COc1cc2c(Oc3ccc(NC(=O)C4(C(=O)Nc5ccc(F)cc5)CC4)cc3F)ccnc2cc1SCCCCCNC(=O)CS. The van der Waals surface area contributed by atoms with Gasteiger partial charge in [-0.3, -0.25) is 19.4 Å². The van der Waals surface area contributed by atoms with Crippen molar-refractivity contribution in [1.82, 2.24) is 10.3 Å². The van der Waals surface area contributed by atoms with E-state index in [2.05, 4.69) is 33.6 Å². The summed E-state index contributed by atoms with van der Waals surface area (Å²) < 4.78 is 40.0. The molecule has 5 rings (SSSR count). The summed E-state index contributed by atoms with van der Waals surface area (Å²) in [5, 5.41) is 8.73. The number of methoxy groups -OCH3 is 1. The molecule has 1 aliphatic carbocycles. The number of halogens is 2. The van der Waals surface area contributed by atoms with Crippen LogP contribution in [0.1, 0.15) is 32.1 Å². The molecule has 246 valence electrons. The van der Waals surface area contributed by atoms with Crippen LogP contribution in [0.25, 0.3) is 10.9 Å². The lowest BCUT2D eigenvalue weighted by molar-refractivity contribution is -0.131. The summed E-state index contributed by atoms with van der Waals surface area (Å²) >= 11 is 5.59. The minimum Gasteiger partial charge on any atom is -0.496 e. The number of hydrogen-bond donors (Lipinski definition) is 4. The van der Waals surface area contributed by atoms with E-state index in [-0.39, 0.29) is 23.1 Å². The number of ether oxygens (including phenoxy) is 2. The number of nitrogens with zero attached hydrogens (tertiary/aromatic N) is 1. The first-order chi connectivity index (χ1) is 22.7. The number of carbonyl (C=O) groups is 3. The molecule has 0 unspecified atom stereocenters. The van der Waals surface area contributed by atoms with Crippen molar-refractivity contribution >= 4 is 64.4 Å². The van der Waals surface area contributed by atoms with Crippen molar-refractivity contribution in [3.05, 3.63) is 78.5 Å². The topological polar surface area (TPSA) is 119 Å². The zero-order valence-electron chi connectivity index (χ0n) is 25.6. The van der Waals surface area contributed by atoms with Gasteiger partial charge in [0.1, 0.15) is 22.7 Å². The predicted octanol–water partition coefficient (Wildman–Crippen LogP) is 6.98. The fourth-order valence-corrected chi connectivity index (χ4v) is 6.02. The molecule has 3 aromatic carbocycles. The lowest BCUT2D eigenvalue weighted by Crippen LogP contribution is -2.35. The molecule has 0 radical (unpaired) electrons. The van der Waals surface area contributed by atoms with Crippen LogP contribution in [0, 0.1) is 17.0 Å². The monoisotopic (exact) mass is 680 g/mol. The van der Waals surface area contributed by atoms with Crippen LogP contribution in [0.3, 0.4) is 0 Å². The quantitative estimate of drug-likeness (QED) is 0.0463. The fraction of sp³-hybridized carbons (Fsp3) is 0.294. The van der Waals surface area contributed by atoms with E-state index in [4.69, 9.17) is 9.47 Å². The van der Waals surface area contributed by atoms with Crippen LogP contribution in [0.2, 0.25) is 0 Å². The average molecular weight is 681 g/mol. The number of fused-ring (bicyclic) bond motifs is 1. The van der Waals surface area contributed by atoms with Gasteiger partial charge in [0.25, 0.3) is 0 Å². The van der Waals surface area contributed by atoms with Crippen molar-refractivity contribution in [2.75, 3.05) is 35.8 Å². The Morgan fingerprint density at radius 1 is 0.894 bits per heavy atom. The first kappa shape index (κ1) is 34.0. The summed E-state index contributed by atoms with van der Waals surface area (Å²) in [6.45, 7) is 0.632. The zero-order chi connectivity index (χ0) is 33.4. The lowest BCUT2D eigenvalue weighted by atomic mass is 10.0. The Kier molecular flexibility index (Phi) is 11.2. The molecule has 1 fully saturated rings. The highest BCUT2D eigenvalue weighted by molar-refractivity contribution is 7.99. The van der Waals surface area contributed by atoms with Crippen LogP contribution in [-0.4, -0.2) is 47.9 Å². The summed E-state index contributed by atoms with van der Waals surface area (Å²) in [6.07, 6.45) is 5.07. The molecule has 4 aromatic rings. The van der Waals surface area contributed by atoms with Gasteiger partial charge in [-0.05, 0) is 86.0 Å². The number of thiol groups is 1. The number of amides is 3. The molecule has 13 heteroatoms. The molecule has 0 bridgehead atoms. The van der Waals surface area contributed by atoms with Crippen molar-refractivity contribution in [2.45, 2.75) is 37.0 Å². The third-order valence-corrected chi connectivity index (χ3v) is 9.07. The second kappa shape index (κ2) is 15.5. The highest BCUT2D eigenvalue weighted by Crippen LogP contribution is 2.47. The van der Waals surface area contributed by atoms with E-state index in [0.717, 1.165) is 36.0 Å². The number of rotatable bonds is 15. The van der Waals surface area contributed by atoms with Gasteiger partial charge >= 0.3 is 0 Å². The van der Waals surface area contributed by atoms with E-state index >= 15 is 4.39 Å². The molecule has 0 atom stereocenters. The molecule has 0 aliphatic heterocycles. The highest BCUT2D eigenvalue weighted by atomic mass is 32.2. The predicted molar refractivity (Wildman–Crippen MR) is 182 cm³/mol. The maximum Gasteiger partial charge on any atom is 0.240 e. The summed E-state index contributed by atoms with van der Waals surface area (Å²) in [5.74, 6) is -0.290. The molecule has 0 spiro atoms. The Bertz CT molecular complexity index is 1770. The van der Waals surface area contributed by atoms with Gasteiger partial charge in [-0.25, -0.2) is 8.78 Å². The smallest absolute Gasteiger partial charge is 0.240 e. The number of unbranched alkanes of at least 4 members (excludes halogenated alkanes) is 2. The summed E-state index contributed by atoms with van der Waals surface area (Å²) in [7, 11) is 1.58. The largest absolute Gasteiger partial charge is 0.496 e. The molecule has 9 nitrogen and oxygen atoms in total. The number of aromatic nitrogens is 1. The average Bonchev–Trinajstić information content (AvgIpc) is 3.89. The Balaban J connectivity index is 1.21. The Morgan fingerprint density at radius 2 is 1.62 bits per heavy atom. The van der Waals surface area contributed by atoms with Crippen molar-refractivity contribution in [3.8, 4) is 17.2 Å². The number of anilines is 2. The Morgan fingerprint density at radius 3 is 2.30 bits per heavy atom. The maximum absolute atomic E-state index is 15.2. The standard InChI is InChI=1S/C34H34F2N4O5S2/c1-44-29-18-24-26(19-30(29)47-16-4-2-3-14-38-31(41)20-46)37-15-11-27(24)45-28-10-9-23(17-25(28)36)40-33(43)34(12-13-34)32(42)39-22-7-5-21(35)6-8-22/h5-11,15,17-19,46H,2-4,12-14,16,20H2,1H3,(H,38,41)(H,39,42)(H,40,43). The van der Waals surface area contributed by atoms with E-state index in [1.165, 1.54) is 36.4 Å². The maximum atomic E-state index is 15.2. The number of thioether (sulfide) groups is 1. The minimum absolute atomic E-state index is 0.0614. The Hall–Kier alpha value is -4.36. The molecule has 1 saturated carbocycles. The van der Waals surface area contributed by atoms with E-state index in [9.17, 15) is 18.8 Å². The van der Waals surface area contributed by atoms with Crippen LogP contribution in [0.4, 0.5) is 20.2 Å². The van der Waals surface area contributed by atoms with E-state index in [1.807, 2.05) is 12.1 Å². The fourth-order valence-electron chi connectivity index (χ4n) is 4.86. The summed E-state index contributed by atoms with van der Waals surface area (Å²) in [4.78, 5) is 42.6. The molecule has 1 heterocycles. The first-order valence-electron chi connectivity index (χ1n) is 15.1. The van der Waals surface area contributed by atoms with Gasteiger partial charge < -0.3 is 25.4 Å². The van der Waals surface area contributed by atoms with Crippen molar-refractivity contribution in [2.24, 2.45) is 5.41 Å². The number of hydrogen-bond acceptors (Lipinski definition) is 8. The number of pyridine rings is 1. The molecule has 1 aromatic heterocycles. The molecule has 3 amide bonds. The van der Waals surface area contributed by atoms with Gasteiger partial charge in [-0.15, -0.1) is 11.8 Å². The molecule has 1 aliphatic rings. The molecule has 0 saturated heterocycles. The van der Waals surface area contributed by atoms with E-state index < -0.39 is 28.9 Å². The lowest BCUT2D eigenvalue weighted by Gasteiger charge is -2.16. The second-order valence-electron chi connectivity index (χ2n) is 11.0. The van der Waals surface area contributed by atoms with E-state index in [1.54, 1.807) is 31.1 Å². The Labute approximate surface area is 280 Å². The molecular weight excluding hydrogens is 647 g/mol. The highest BCUT2D eigenvalue weighted by Gasteiger charge is 2.56. The second-order valence-corrected chi connectivity index (χ2v) is 12.4. The van der Waals surface area contributed by atoms with Crippen molar-refractivity contribution in [1.29, 1.82) is 0 Å². The number of benzene rings is 3. The zero-order valence-corrected chi connectivity index (χ0v) is 27.3. The van der Waals surface area contributed by atoms with Gasteiger partial charge in [-0.1, -0.05) is 6.42 Å². The normalized spacial score (nSPS) is 13.1. The summed E-state index contributed by atoms with van der Waals surface area (Å²) in [6, 6.07) is 14.6. The van der Waals surface area contributed by atoms with Crippen LogP contribution < -0.4 is 25.4 Å². The third kappa shape index (κ3) is 8.52. The minimum atomic E-state index is -1.28. The van der Waals surface area contributed by atoms with Gasteiger partial charge in [0.2, 0.25) is 17.7 Å². The summed E-state index contributed by atoms with van der Waals surface area (Å²) in [5.41, 5.74) is -0.0829.